The normalized spacial score (nSPS) is 13.0. The second-order valence-corrected chi connectivity index (χ2v) is 6.10. The molecule has 0 saturated heterocycles. The van der Waals surface area contributed by atoms with Crippen LogP contribution < -0.4 is 10.2 Å². The third-order valence-corrected chi connectivity index (χ3v) is 4.21. The molecule has 0 atom stereocenters. The van der Waals surface area contributed by atoms with Crippen LogP contribution >= 0.6 is 15.9 Å². The van der Waals surface area contributed by atoms with E-state index >= 15 is 0 Å². The Morgan fingerprint density at radius 2 is 2.00 bits per heavy atom. The van der Waals surface area contributed by atoms with Crippen LogP contribution in [0.1, 0.15) is 10.4 Å². The Bertz CT molecular complexity index is 871. The predicted octanol–water partition coefficient (Wildman–Crippen LogP) is 2.73. The van der Waals surface area contributed by atoms with E-state index in [2.05, 4.69) is 21.2 Å². The summed E-state index contributed by atoms with van der Waals surface area (Å²) in [6, 6.07) is 10.3. The van der Waals surface area contributed by atoms with E-state index < -0.39 is 24.3 Å². The molecule has 8 heteroatoms. The molecule has 0 radical (unpaired) electrons. The second kappa shape index (κ2) is 7.02. The van der Waals surface area contributed by atoms with Gasteiger partial charge >= 0.3 is 5.97 Å². The number of nitrogens with zero attached hydrogens (tertiary/aromatic N) is 1. The van der Waals surface area contributed by atoms with Gasteiger partial charge in [0.2, 0.25) is 5.91 Å². The summed E-state index contributed by atoms with van der Waals surface area (Å²) in [6.45, 7) is -0.697. The Labute approximate surface area is 150 Å². The Kier molecular flexibility index (Phi) is 4.80. The molecule has 0 aromatic heterocycles. The van der Waals surface area contributed by atoms with Crippen molar-refractivity contribution in [2.75, 3.05) is 23.4 Å². The Morgan fingerprint density at radius 1 is 1.24 bits per heavy atom. The number of esters is 1. The molecule has 0 unspecified atom stereocenters. The first-order chi connectivity index (χ1) is 12.0. The molecule has 0 spiro atoms. The summed E-state index contributed by atoms with van der Waals surface area (Å²) >= 11 is 3.07. The minimum atomic E-state index is -0.769. The van der Waals surface area contributed by atoms with E-state index in [1.807, 2.05) is 0 Å². The van der Waals surface area contributed by atoms with Crippen LogP contribution in [0.5, 0.6) is 0 Å². The van der Waals surface area contributed by atoms with Crippen molar-refractivity contribution in [3.63, 3.8) is 0 Å². The van der Waals surface area contributed by atoms with Gasteiger partial charge in [-0.25, -0.2) is 9.18 Å². The first kappa shape index (κ1) is 17.1. The summed E-state index contributed by atoms with van der Waals surface area (Å²) in [7, 11) is 0. The number of amides is 2. The molecule has 1 aliphatic rings. The van der Waals surface area contributed by atoms with Gasteiger partial charge in [-0.05, 0) is 46.3 Å². The number of ether oxygens (including phenoxy) is 1. The Balaban J connectivity index is 1.71. The van der Waals surface area contributed by atoms with Gasteiger partial charge in [0, 0.05) is 4.47 Å². The van der Waals surface area contributed by atoms with Crippen LogP contribution in [0.3, 0.4) is 0 Å². The van der Waals surface area contributed by atoms with Crippen LogP contribution in [0.4, 0.5) is 15.8 Å². The van der Waals surface area contributed by atoms with Gasteiger partial charge in [0.05, 0.1) is 16.9 Å². The molecule has 128 valence electrons. The zero-order valence-corrected chi connectivity index (χ0v) is 14.4. The highest BCUT2D eigenvalue weighted by molar-refractivity contribution is 9.10. The monoisotopic (exact) mass is 406 g/mol. The van der Waals surface area contributed by atoms with Gasteiger partial charge in [-0.1, -0.05) is 12.1 Å². The van der Waals surface area contributed by atoms with Gasteiger partial charge in [0.1, 0.15) is 12.4 Å². The van der Waals surface area contributed by atoms with Crippen molar-refractivity contribution in [2.24, 2.45) is 0 Å². The van der Waals surface area contributed by atoms with Crippen LogP contribution in [-0.4, -0.2) is 30.9 Å². The summed E-state index contributed by atoms with van der Waals surface area (Å²) in [5.74, 6) is -2.14. The van der Waals surface area contributed by atoms with Crippen molar-refractivity contribution in [2.45, 2.75) is 0 Å². The van der Waals surface area contributed by atoms with Crippen molar-refractivity contribution in [3.05, 3.63) is 58.3 Å². The summed E-state index contributed by atoms with van der Waals surface area (Å²) in [6.07, 6.45) is 0. The van der Waals surface area contributed by atoms with E-state index in [-0.39, 0.29) is 22.5 Å². The number of fused-ring (bicyclic) bond motifs is 1. The summed E-state index contributed by atoms with van der Waals surface area (Å²) < 4.78 is 18.3. The zero-order chi connectivity index (χ0) is 18.0. The molecule has 3 rings (SSSR count). The molecular weight excluding hydrogens is 395 g/mol. The quantitative estimate of drug-likeness (QED) is 0.795. The number of nitrogens with one attached hydrogen (secondary N) is 1. The highest BCUT2D eigenvalue weighted by Crippen LogP contribution is 2.29. The molecular formula is C17H12BrFN2O4. The number of carbonyl (C=O) groups excluding carboxylic acids is 3. The number of hydrogen-bond acceptors (Lipinski definition) is 4. The molecule has 2 aromatic carbocycles. The minimum Gasteiger partial charge on any atom is -0.452 e. The molecule has 1 N–H and O–H groups in total. The fourth-order valence-corrected chi connectivity index (χ4v) is 2.91. The Hall–Kier alpha value is -2.74. The highest BCUT2D eigenvalue weighted by Gasteiger charge is 2.27. The topological polar surface area (TPSA) is 75.7 Å². The first-order valence-corrected chi connectivity index (χ1v) is 8.06. The largest absolute Gasteiger partial charge is 0.452 e. The van der Waals surface area contributed by atoms with Crippen LogP contribution in [0.2, 0.25) is 0 Å². The van der Waals surface area contributed by atoms with E-state index in [4.69, 9.17) is 4.74 Å². The predicted molar refractivity (Wildman–Crippen MR) is 91.8 cm³/mol. The third-order valence-electron chi connectivity index (χ3n) is 3.55. The minimum absolute atomic E-state index is 0.103. The van der Waals surface area contributed by atoms with Crippen LogP contribution in [0.25, 0.3) is 0 Å². The maximum absolute atomic E-state index is 13.1. The summed E-state index contributed by atoms with van der Waals surface area (Å²) in [5.41, 5.74) is 1.15. The maximum Gasteiger partial charge on any atom is 0.339 e. The standard InChI is InChI=1S/C17H12BrFN2O4/c18-12-7-10(19)5-6-11(12)17(24)25-9-16(23)21-8-15(22)20-13-3-1-2-4-14(13)21/h1-7H,8-9H2,(H,20,22). The lowest BCUT2D eigenvalue weighted by molar-refractivity contribution is -0.124. The van der Waals surface area contributed by atoms with E-state index in [9.17, 15) is 18.8 Å². The fourth-order valence-electron chi connectivity index (χ4n) is 2.39. The van der Waals surface area contributed by atoms with Crippen molar-refractivity contribution in [1.29, 1.82) is 0 Å². The lowest BCUT2D eigenvalue weighted by Crippen LogP contribution is -2.44. The first-order valence-electron chi connectivity index (χ1n) is 7.27. The molecule has 2 aromatic rings. The molecule has 2 amide bonds. The lowest BCUT2D eigenvalue weighted by atomic mass is 10.2. The molecule has 0 aliphatic carbocycles. The van der Waals surface area contributed by atoms with Crippen LogP contribution in [0, 0.1) is 5.82 Å². The van der Waals surface area contributed by atoms with Gasteiger partial charge in [-0.15, -0.1) is 0 Å². The second-order valence-electron chi connectivity index (χ2n) is 5.25. The van der Waals surface area contributed by atoms with Crippen molar-refractivity contribution >= 4 is 45.1 Å². The van der Waals surface area contributed by atoms with Gasteiger partial charge in [-0.2, -0.15) is 0 Å². The molecule has 0 fully saturated rings. The average molecular weight is 407 g/mol. The SMILES string of the molecule is O=C1CN(C(=O)COC(=O)c2ccc(F)cc2Br)c2ccccc2N1. The number of halogens is 2. The average Bonchev–Trinajstić information content (AvgIpc) is 2.58. The Morgan fingerprint density at radius 3 is 2.76 bits per heavy atom. The number of para-hydroxylation sites is 2. The van der Waals surface area contributed by atoms with Crippen LogP contribution in [-0.2, 0) is 14.3 Å². The number of anilines is 2. The van der Waals surface area contributed by atoms with Crippen LogP contribution in [0.15, 0.2) is 46.9 Å². The van der Waals surface area contributed by atoms with Gasteiger partial charge in [0.15, 0.2) is 6.61 Å². The number of carbonyl (C=O) groups is 3. The molecule has 25 heavy (non-hydrogen) atoms. The maximum atomic E-state index is 13.1. The smallest absolute Gasteiger partial charge is 0.339 e. The van der Waals surface area contributed by atoms with E-state index in [1.165, 1.54) is 11.0 Å². The van der Waals surface area contributed by atoms with Gasteiger partial charge in [-0.3, -0.25) is 14.5 Å². The molecule has 1 heterocycles. The summed E-state index contributed by atoms with van der Waals surface area (Å²) in [5, 5.41) is 2.67. The fraction of sp³-hybridized carbons (Fsp3) is 0.118. The lowest BCUT2D eigenvalue weighted by Gasteiger charge is -2.28. The molecule has 1 aliphatic heterocycles. The zero-order valence-electron chi connectivity index (χ0n) is 12.8. The van der Waals surface area contributed by atoms with Crippen molar-refractivity contribution < 1.29 is 23.5 Å². The third kappa shape index (κ3) is 3.69. The summed E-state index contributed by atoms with van der Waals surface area (Å²) in [4.78, 5) is 37.4. The van der Waals surface area contributed by atoms with Crippen molar-refractivity contribution in [1.82, 2.24) is 0 Å². The molecule has 0 saturated carbocycles. The number of hydrogen-bond donors (Lipinski definition) is 1. The highest BCUT2D eigenvalue weighted by atomic mass is 79.9. The molecule has 0 bridgehead atoms. The number of rotatable bonds is 3. The van der Waals surface area contributed by atoms with Crippen molar-refractivity contribution in [3.8, 4) is 0 Å². The number of benzene rings is 2. The van der Waals surface area contributed by atoms with Gasteiger partial charge < -0.3 is 10.1 Å². The van der Waals surface area contributed by atoms with E-state index in [0.29, 0.717) is 11.4 Å². The molecule has 6 nitrogen and oxygen atoms in total. The van der Waals surface area contributed by atoms with E-state index in [0.717, 1.165) is 12.1 Å². The van der Waals surface area contributed by atoms with Gasteiger partial charge in [0.25, 0.3) is 5.91 Å². The van der Waals surface area contributed by atoms with E-state index in [1.54, 1.807) is 24.3 Å².